The molecule has 2 aliphatic rings. The van der Waals surface area contributed by atoms with Gasteiger partial charge < -0.3 is 14.6 Å². The van der Waals surface area contributed by atoms with Crippen LogP contribution in [0.15, 0.2) is 36.4 Å². The van der Waals surface area contributed by atoms with Gasteiger partial charge in [0, 0.05) is 17.4 Å². The number of esters is 1. The van der Waals surface area contributed by atoms with Crippen molar-refractivity contribution in [3.05, 3.63) is 64.2 Å². The number of cyclic esters (lactones) is 1. The maximum absolute atomic E-state index is 11.3. The molecule has 0 aromatic heterocycles. The quantitative estimate of drug-likeness (QED) is 0.386. The summed E-state index contributed by atoms with van der Waals surface area (Å²) < 4.78 is 11.3. The molecule has 2 aromatic carbocycles. The molecular formula is C31H38O4. The van der Waals surface area contributed by atoms with Crippen molar-refractivity contribution < 1.29 is 19.4 Å². The fraction of sp³-hybridized carbons (Fsp3) is 0.516. The van der Waals surface area contributed by atoms with E-state index in [-0.39, 0.29) is 17.5 Å². The van der Waals surface area contributed by atoms with E-state index in [4.69, 9.17) is 9.47 Å². The predicted octanol–water partition coefficient (Wildman–Crippen LogP) is 6.15. The van der Waals surface area contributed by atoms with Crippen molar-refractivity contribution in [2.75, 3.05) is 6.61 Å². The van der Waals surface area contributed by atoms with E-state index < -0.39 is 5.60 Å². The van der Waals surface area contributed by atoms with E-state index in [0.29, 0.717) is 13.0 Å². The van der Waals surface area contributed by atoms with E-state index in [9.17, 15) is 9.90 Å². The molecule has 1 heterocycles. The zero-order chi connectivity index (χ0) is 25.1. The highest BCUT2D eigenvalue weighted by atomic mass is 16.6. The Morgan fingerprint density at radius 1 is 1.06 bits per heavy atom. The second-order valence-corrected chi connectivity index (χ2v) is 10.2. The van der Waals surface area contributed by atoms with Crippen LogP contribution < -0.4 is 4.74 Å². The molecule has 0 bridgehead atoms. The number of hydrogen-bond acceptors (Lipinski definition) is 4. The molecule has 0 amide bonds. The average molecular weight is 475 g/mol. The number of carbonyl (C=O) groups excluding carboxylic acids is 1. The van der Waals surface area contributed by atoms with Gasteiger partial charge in [-0.3, -0.25) is 4.79 Å². The monoisotopic (exact) mass is 474 g/mol. The molecule has 1 saturated heterocycles. The SMILES string of the molecule is CCC(CC)(c1ccc(C#CC2(O)CCCC2)c(C)c1)c1ccc(OCC2CCC(=O)O2)c(C)c1. The number of carbonyl (C=O) groups is 1. The summed E-state index contributed by atoms with van der Waals surface area (Å²) in [5, 5.41) is 10.6. The minimum atomic E-state index is -0.817. The second kappa shape index (κ2) is 10.5. The molecule has 1 aliphatic heterocycles. The number of hydrogen-bond donors (Lipinski definition) is 1. The van der Waals surface area contributed by atoms with Gasteiger partial charge in [0.05, 0.1) is 0 Å². The Labute approximate surface area is 210 Å². The van der Waals surface area contributed by atoms with Gasteiger partial charge in [0.15, 0.2) is 0 Å². The van der Waals surface area contributed by atoms with Crippen molar-refractivity contribution in [1.29, 1.82) is 0 Å². The van der Waals surface area contributed by atoms with Crippen LogP contribution in [0.25, 0.3) is 0 Å². The zero-order valence-electron chi connectivity index (χ0n) is 21.6. The molecule has 2 fully saturated rings. The third-order valence-corrected chi connectivity index (χ3v) is 7.97. The smallest absolute Gasteiger partial charge is 0.306 e. The maximum Gasteiger partial charge on any atom is 0.306 e. The minimum absolute atomic E-state index is 0.107. The first-order valence-corrected chi connectivity index (χ1v) is 13.1. The van der Waals surface area contributed by atoms with Crippen molar-refractivity contribution >= 4 is 5.97 Å². The molecule has 1 N–H and O–H groups in total. The van der Waals surface area contributed by atoms with Gasteiger partial charge in [-0.1, -0.05) is 50.0 Å². The summed E-state index contributed by atoms with van der Waals surface area (Å²) in [4.78, 5) is 11.3. The topological polar surface area (TPSA) is 55.8 Å². The number of benzene rings is 2. The van der Waals surface area contributed by atoms with Gasteiger partial charge in [-0.15, -0.1) is 0 Å². The Bertz CT molecular complexity index is 1130. The van der Waals surface area contributed by atoms with E-state index in [1.807, 2.05) is 0 Å². The summed E-state index contributed by atoms with van der Waals surface area (Å²) in [7, 11) is 0. The van der Waals surface area contributed by atoms with Gasteiger partial charge in [0.1, 0.15) is 24.1 Å². The summed E-state index contributed by atoms with van der Waals surface area (Å²) in [6, 6.07) is 13.1. The Morgan fingerprint density at radius 2 is 1.71 bits per heavy atom. The van der Waals surface area contributed by atoms with Crippen molar-refractivity contribution in [2.24, 2.45) is 0 Å². The lowest BCUT2D eigenvalue weighted by Gasteiger charge is -2.34. The molecule has 4 nitrogen and oxygen atoms in total. The number of aryl methyl sites for hydroxylation is 2. The molecular weight excluding hydrogens is 436 g/mol. The molecule has 1 unspecified atom stereocenters. The van der Waals surface area contributed by atoms with Crippen LogP contribution in [0.4, 0.5) is 0 Å². The van der Waals surface area contributed by atoms with Crippen LogP contribution in [0.2, 0.25) is 0 Å². The second-order valence-electron chi connectivity index (χ2n) is 10.2. The highest BCUT2D eigenvalue weighted by Gasteiger charge is 2.32. The fourth-order valence-electron chi connectivity index (χ4n) is 5.59. The van der Waals surface area contributed by atoms with Crippen LogP contribution in [-0.2, 0) is 14.9 Å². The highest BCUT2D eigenvalue weighted by Crippen LogP contribution is 2.41. The van der Waals surface area contributed by atoms with E-state index >= 15 is 0 Å². The molecule has 1 atom stereocenters. The first kappa shape index (κ1) is 25.3. The first-order valence-electron chi connectivity index (χ1n) is 13.1. The van der Waals surface area contributed by atoms with Crippen molar-refractivity contribution in [3.63, 3.8) is 0 Å². The Balaban J connectivity index is 1.57. The van der Waals surface area contributed by atoms with Crippen molar-refractivity contribution in [2.45, 2.75) is 96.2 Å². The van der Waals surface area contributed by atoms with Crippen molar-refractivity contribution in [1.82, 2.24) is 0 Å². The van der Waals surface area contributed by atoms with Crippen LogP contribution in [0.5, 0.6) is 5.75 Å². The van der Waals surface area contributed by atoms with Gasteiger partial charge in [-0.2, -0.15) is 0 Å². The van der Waals surface area contributed by atoms with Gasteiger partial charge in [0.2, 0.25) is 0 Å². The first-order chi connectivity index (χ1) is 16.8. The average Bonchev–Trinajstić information content (AvgIpc) is 3.47. The predicted molar refractivity (Wildman–Crippen MR) is 139 cm³/mol. The third-order valence-electron chi connectivity index (χ3n) is 7.97. The van der Waals surface area contributed by atoms with E-state index in [1.165, 1.54) is 11.1 Å². The lowest BCUT2D eigenvalue weighted by atomic mass is 9.70. The van der Waals surface area contributed by atoms with Crippen molar-refractivity contribution in [3.8, 4) is 17.6 Å². The third kappa shape index (κ3) is 5.41. The summed E-state index contributed by atoms with van der Waals surface area (Å²) in [6.07, 6.45) is 6.66. The van der Waals surface area contributed by atoms with Gasteiger partial charge in [-0.25, -0.2) is 0 Å². The number of rotatable bonds is 7. The van der Waals surface area contributed by atoms with Crippen LogP contribution in [-0.4, -0.2) is 29.4 Å². The molecule has 4 heteroatoms. The zero-order valence-corrected chi connectivity index (χ0v) is 21.6. The lowest BCUT2D eigenvalue weighted by molar-refractivity contribution is -0.142. The van der Waals surface area contributed by atoms with Gasteiger partial charge in [-0.05, 0) is 93.2 Å². The van der Waals surface area contributed by atoms with Gasteiger partial charge >= 0.3 is 5.97 Å². The Hall–Kier alpha value is -2.77. The normalized spacial score (nSPS) is 19.2. The summed E-state index contributed by atoms with van der Waals surface area (Å²) in [5.41, 5.74) is 4.86. The molecule has 35 heavy (non-hydrogen) atoms. The number of aliphatic hydroxyl groups is 1. The maximum atomic E-state index is 11.3. The van der Waals surface area contributed by atoms with Crippen LogP contribution in [0, 0.1) is 25.7 Å². The highest BCUT2D eigenvalue weighted by molar-refractivity contribution is 5.71. The van der Waals surface area contributed by atoms with Crippen LogP contribution in [0.1, 0.15) is 93.0 Å². The molecule has 1 aliphatic carbocycles. The lowest BCUT2D eigenvalue weighted by Crippen LogP contribution is -2.26. The van der Waals surface area contributed by atoms with E-state index in [1.54, 1.807) is 0 Å². The van der Waals surface area contributed by atoms with E-state index in [2.05, 4.69) is 75.9 Å². The Kier molecular flexibility index (Phi) is 7.57. The summed E-state index contributed by atoms with van der Waals surface area (Å²) in [5.74, 6) is 7.11. The molecule has 0 spiro atoms. The molecule has 2 aromatic rings. The largest absolute Gasteiger partial charge is 0.489 e. The van der Waals surface area contributed by atoms with Gasteiger partial charge in [0.25, 0.3) is 0 Å². The number of ether oxygens (including phenoxy) is 2. The molecule has 186 valence electrons. The standard InChI is InChI=1S/C31H38O4/c1-5-31(6-2,25-10-9-24(22(3)19-25)15-18-30(33)16-7-8-17-30)26-11-13-28(23(4)20-26)34-21-27-12-14-29(32)35-27/h9-11,13,19-20,27,33H,5-8,12,14,16-17,21H2,1-4H3. The summed E-state index contributed by atoms with van der Waals surface area (Å²) >= 11 is 0. The molecule has 4 rings (SSSR count). The van der Waals surface area contributed by atoms with E-state index in [0.717, 1.165) is 67.4 Å². The molecule has 0 radical (unpaired) electrons. The van der Waals surface area contributed by atoms with Crippen LogP contribution >= 0.6 is 0 Å². The minimum Gasteiger partial charge on any atom is -0.489 e. The Morgan fingerprint density at radius 3 is 2.29 bits per heavy atom. The summed E-state index contributed by atoms with van der Waals surface area (Å²) in [6.45, 7) is 9.08. The van der Waals surface area contributed by atoms with Crippen LogP contribution in [0.3, 0.4) is 0 Å². The fourth-order valence-corrected chi connectivity index (χ4v) is 5.59. The molecule has 1 saturated carbocycles.